The number of rotatable bonds is 7. The Hall–Kier alpha value is -3.61. The molecule has 0 amide bonds. The van der Waals surface area contributed by atoms with Gasteiger partial charge in [0, 0.05) is 30.9 Å². The first kappa shape index (κ1) is 19.4. The van der Waals surface area contributed by atoms with Crippen molar-refractivity contribution in [2.75, 3.05) is 19.8 Å². The number of hydrogen-bond donors (Lipinski definition) is 1. The smallest absolute Gasteiger partial charge is 0.269 e. The van der Waals surface area contributed by atoms with Crippen molar-refractivity contribution in [3.8, 4) is 5.88 Å². The van der Waals surface area contributed by atoms with Gasteiger partial charge in [-0.1, -0.05) is 12.1 Å². The van der Waals surface area contributed by atoms with Crippen molar-refractivity contribution in [2.24, 2.45) is 0 Å². The van der Waals surface area contributed by atoms with Gasteiger partial charge >= 0.3 is 0 Å². The maximum atomic E-state index is 10.8. The third-order valence-electron chi connectivity index (χ3n) is 4.96. The molecule has 12 heteroatoms. The summed E-state index contributed by atoms with van der Waals surface area (Å²) in [4.78, 5) is 23.5. The van der Waals surface area contributed by atoms with Gasteiger partial charge in [0.1, 0.15) is 12.4 Å². The fourth-order valence-electron chi connectivity index (χ4n) is 3.41. The minimum absolute atomic E-state index is 0.0446. The minimum atomic E-state index is -0.733. The standard InChI is InChI=1S/C19H18N6O6/c26-9-14-10-30-19(31-14)24-11-21-15-16(22-18-20-6-7-23(18)17(15)24)29-8-5-12-1-3-13(4-2-12)25(27)28/h1-4,6-7,11,14,19,26H,5,8-10H2. The van der Waals surface area contributed by atoms with Gasteiger partial charge < -0.3 is 19.3 Å². The molecule has 5 rings (SSSR count). The van der Waals surface area contributed by atoms with E-state index >= 15 is 0 Å². The fraction of sp³-hybridized carbons (Fsp3) is 0.316. The first-order chi connectivity index (χ1) is 15.1. The van der Waals surface area contributed by atoms with Crippen molar-refractivity contribution in [2.45, 2.75) is 18.9 Å². The van der Waals surface area contributed by atoms with Crippen LogP contribution in [0.1, 0.15) is 12.0 Å². The number of aliphatic hydroxyl groups is 1. The van der Waals surface area contributed by atoms with Crippen LogP contribution < -0.4 is 4.74 Å². The Labute approximate surface area is 174 Å². The van der Waals surface area contributed by atoms with Gasteiger partial charge in [0.05, 0.1) is 24.7 Å². The van der Waals surface area contributed by atoms with Crippen LogP contribution in [0.15, 0.2) is 43.0 Å². The Kier molecular flexibility index (Phi) is 4.94. The van der Waals surface area contributed by atoms with Crippen LogP contribution >= 0.6 is 0 Å². The van der Waals surface area contributed by atoms with E-state index in [2.05, 4.69) is 15.0 Å². The van der Waals surface area contributed by atoms with Crippen LogP contribution in [-0.4, -0.2) is 59.9 Å². The highest BCUT2D eigenvalue weighted by molar-refractivity contribution is 5.79. The molecule has 1 aromatic carbocycles. The van der Waals surface area contributed by atoms with Gasteiger partial charge in [-0.05, 0) is 5.56 Å². The lowest BCUT2D eigenvalue weighted by atomic mass is 10.1. The van der Waals surface area contributed by atoms with Gasteiger partial charge in [-0.3, -0.25) is 19.1 Å². The lowest BCUT2D eigenvalue weighted by Gasteiger charge is -2.14. The molecule has 4 aromatic rings. The molecule has 1 aliphatic rings. The summed E-state index contributed by atoms with van der Waals surface area (Å²) in [6.07, 6.45) is 4.34. The average Bonchev–Trinajstić information content (AvgIpc) is 3.52. The molecule has 2 unspecified atom stereocenters. The molecule has 0 aliphatic carbocycles. The van der Waals surface area contributed by atoms with Gasteiger partial charge in [-0.2, -0.15) is 4.98 Å². The van der Waals surface area contributed by atoms with E-state index in [-0.39, 0.29) is 18.9 Å². The van der Waals surface area contributed by atoms with Gasteiger partial charge in [0.2, 0.25) is 18.1 Å². The highest BCUT2D eigenvalue weighted by Gasteiger charge is 2.29. The molecule has 4 heterocycles. The zero-order valence-electron chi connectivity index (χ0n) is 16.2. The van der Waals surface area contributed by atoms with Gasteiger partial charge in [0.25, 0.3) is 5.69 Å². The van der Waals surface area contributed by atoms with Crippen molar-refractivity contribution in [3.63, 3.8) is 0 Å². The Morgan fingerprint density at radius 3 is 2.87 bits per heavy atom. The maximum absolute atomic E-state index is 10.8. The summed E-state index contributed by atoms with van der Waals surface area (Å²) in [5.74, 6) is 0.738. The summed E-state index contributed by atoms with van der Waals surface area (Å²) in [6.45, 7) is 0.437. The van der Waals surface area contributed by atoms with Crippen LogP contribution in [0.2, 0.25) is 0 Å². The Balaban J connectivity index is 1.40. The molecule has 1 aliphatic heterocycles. The van der Waals surface area contributed by atoms with Gasteiger partial charge in [-0.25, -0.2) is 9.97 Å². The quantitative estimate of drug-likeness (QED) is 0.344. The van der Waals surface area contributed by atoms with Crippen LogP contribution in [0.5, 0.6) is 5.88 Å². The number of fused-ring (bicyclic) bond motifs is 3. The van der Waals surface area contributed by atoms with Crippen LogP contribution in [0.3, 0.4) is 0 Å². The van der Waals surface area contributed by atoms with Crippen molar-refractivity contribution in [1.82, 2.24) is 23.9 Å². The molecule has 31 heavy (non-hydrogen) atoms. The second-order valence-corrected chi connectivity index (χ2v) is 6.94. The van der Waals surface area contributed by atoms with Crippen LogP contribution in [0, 0.1) is 10.1 Å². The van der Waals surface area contributed by atoms with Gasteiger partial charge in [0.15, 0.2) is 11.2 Å². The van der Waals surface area contributed by atoms with Crippen molar-refractivity contribution in [3.05, 3.63) is 58.7 Å². The van der Waals surface area contributed by atoms with E-state index in [0.29, 0.717) is 35.8 Å². The number of benzene rings is 1. The van der Waals surface area contributed by atoms with Gasteiger partial charge in [-0.15, -0.1) is 0 Å². The SMILES string of the molecule is O=[N+]([O-])c1ccc(CCOc2nc3nccn3c3c2ncn3C2OCC(CO)O2)cc1. The number of ether oxygens (including phenoxy) is 3. The largest absolute Gasteiger partial charge is 0.476 e. The van der Waals surface area contributed by atoms with E-state index in [0.717, 1.165) is 5.56 Å². The van der Waals surface area contributed by atoms with Crippen LogP contribution in [-0.2, 0) is 15.9 Å². The summed E-state index contributed by atoms with van der Waals surface area (Å²) in [6, 6.07) is 6.32. The zero-order valence-corrected chi connectivity index (χ0v) is 16.2. The Morgan fingerprint density at radius 1 is 1.29 bits per heavy atom. The van der Waals surface area contributed by atoms with Crippen molar-refractivity contribution in [1.29, 1.82) is 0 Å². The second-order valence-electron chi connectivity index (χ2n) is 6.94. The number of nitro benzene ring substituents is 1. The molecule has 1 fully saturated rings. The predicted octanol–water partition coefficient (Wildman–Crippen LogP) is 1.47. The molecular weight excluding hydrogens is 408 g/mol. The molecule has 0 saturated carbocycles. The highest BCUT2D eigenvalue weighted by atomic mass is 16.7. The lowest BCUT2D eigenvalue weighted by molar-refractivity contribution is -0.384. The first-order valence-electron chi connectivity index (χ1n) is 9.57. The van der Waals surface area contributed by atoms with Crippen molar-refractivity contribution >= 4 is 22.6 Å². The molecule has 0 radical (unpaired) electrons. The topological polar surface area (TPSA) is 139 Å². The molecule has 2 atom stereocenters. The molecule has 160 valence electrons. The highest BCUT2D eigenvalue weighted by Crippen LogP contribution is 2.29. The number of aliphatic hydroxyl groups excluding tert-OH is 1. The Morgan fingerprint density at radius 2 is 2.13 bits per heavy atom. The molecule has 1 N–H and O–H groups in total. The third-order valence-corrected chi connectivity index (χ3v) is 4.96. The molecule has 0 bridgehead atoms. The van der Waals surface area contributed by atoms with E-state index in [4.69, 9.17) is 14.2 Å². The summed E-state index contributed by atoms with van der Waals surface area (Å²) >= 11 is 0. The normalized spacial score (nSPS) is 18.7. The zero-order chi connectivity index (χ0) is 21.4. The van der Waals surface area contributed by atoms with E-state index < -0.39 is 17.4 Å². The van der Waals surface area contributed by atoms with E-state index in [9.17, 15) is 15.2 Å². The number of hydrogen-bond acceptors (Lipinski definition) is 9. The first-order valence-corrected chi connectivity index (χ1v) is 9.57. The number of non-ortho nitro benzene ring substituents is 1. The molecular formula is C19H18N6O6. The van der Waals surface area contributed by atoms with E-state index in [1.807, 2.05) is 0 Å². The summed E-state index contributed by atoms with van der Waals surface area (Å²) < 4.78 is 20.7. The second kappa shape index (κ2) is 7.91. The van der Waals surface area contributed by atoms with E-state index in [1.54, 1.807) is 39.8 Å². The third kappa shape index (κ3) is 3.56. The number of imidazole rings is 2. The average molecular weight is 426 g/mol. The molecule has 3 aromatic heterocycles. The summed E-state index contributed by atoms with van der Waals surface area (Å²) in [5, 5.41) is 20.1. The molecule has 1 saturated heterocycles. The Bertz CT molecular complexity index is 1240. The fourth-order valence-corrected chi connectivity index (χ4v) is 3.41. The molecule has 0 spiro atoms. The monoisotopic (exact) mass is 426 g/mol. The number of nitro groups is 1. The maximum Gasteiger partial charge on any atom is 0.269 e. The number of aromatic nitrogens is 5. The van der Waals surface area contributed by atoms with E-state index in [1.165, 1.54) is 12.1 Å². The number of nitrogens with zero attached hydrogens (tertiary/aromatic N) is 6. The molecule has 12 nitrogen and oxygen atoms in total. The predicted molar refractivity (Wildman–Crippen MR) is 106 cm³/mol. The van der Waals surface area contributed by atoms with Crippen LogP contribution in [0.25, 0.3) is 16.9 Å². The van der Waals surface area contributed by atoms with Crippen LogP contribution in [0.4, 0.5) is 5.69 Å². The summed E-state index contributed by atoms with van der Waals surface area (Å²) in [5.41, 5.74) is 2.09. The lowest BCUT2D eigenvalue weighted by Crippen LogP contribution is -2.16. The summed E-state index contributed by atoms with van der Waals surface area (Å²) in [7, 11) is 0. The van der Waals surface area contributed by atoms with Crippen molar-refractivity contribution < 1.29 is 24.2 Å². The minimum Gasteiger partial charge on any atom is -0.476 e.